The molecule has 0 fully saturated rings. The van der Waals surface area contributed by atoms with Crippen molar-refractivity contribution in [3.8, 4) is 5.75 Å². The van der Waals surface area contributed by atoms with E-state index in [-0.39, 0.29) is 0 Å². The summed E-state index contributed by atoms with van der Waals surface area (Å²) in [6.45, 7) is 4.75. The molecule has 0 spiro atoms. The molecule has 26 heavy (non-hydrogen) atoms. The van der Waals surface area contributed by atoms with Crippen LogP contribution in [0.1, 0.15) is 21.6 Å². The standard InChI is InChI=1S/C22H20N2OS/c1-13-7-8-15-16(9-13)17-11-24(10-14-5-3-2-4-6-14)12-18-19(17)20(21(15)25)22(23)26-18/h2-9,25H,10-12,23H2,1H3. The Morgan fingerprint density at radius 1 is 1.04 bits per heavy atom. The second-order valence-corrected chi connectivity index (χ2v) is 8.28. The van der Waals surface area contributed by atoms with Gasteiger partial charge in [0.1, 0.15) is 5.75 Å². The van der Waals surface area contributed by atoms with E-state index in [2.05, 4.69) is 54.3 Å². The predicted octanol–water partition coefficient (Wildman–Crippen LogP) is 5.17. The third kappa shape index (κ3) is 2.30. The molecule has 3 N–H and O–H groups in total. The molecule has 4 heteroatoms. The Morgan fingerprint density at radius 2 is 1.85 bits per heavy atom. The van der Waals surface area contributed by atoms with Gasteiger partial charge in [0.05, 0.1) is 10.4 Å². The largest absolute Gasteiger partial charge is 0.507 e. The van der Waals surface area contributed by atoms with E-state index < -0.39 is 0 Å². The summed E-state index contributed by atoms with van der Waals surface area (Å²) in [4.78, 5) is 3.72. The van der Waals surface area contributed by atoms with Gasteiger partial charge in [0.25, 0.3) is 0 Å². The zero-order valence-corrected chi connectivity index (χ0v) is 15.4. The van der Waals surface area contributed by atoms with E-state index in [1.54, 1.807) is 11.3 Å². The van der Waals surface area contributed by atoms with Crippen molar-refractivity contribution in [1.29, 1.82) is 0 Å². The van der Waals surface area contributed by atoms with Gasteiger partial charge in [0, 0.05) is 35.3 Å². The Bertz CT molecular complexity index is 1150. The van der Waals surface area contributed by atoms with Gasteiger partial charge in [-0.1, -0.05) is 54.1 Å². The van der Waals surface area contributed by atoms with Crippen molar-refractivity contribution < 1.29 is 5.11 Å². The van der Waals surface area contributed by atoms with Crippen molar-refractivity contribution in [2.45, 2.75) is 26.6 Å². The molecule has 130 valence electrons. The molecule has 0 amide bonds. The maximum atomic E-state index is 10.9. The summed E-state index contributed by atoms with van der Waals surface area (Å²) in [5.41, 5.74) is 10.1. The minimum Gasteiger partial charge on any atom is -0.507 e. The van der Waals surface area contributed by atoms with E-state index in [4.69, 9.17) is 5.73 Å². The Morgan fingerprint density at radius 3 is 2.65 bits per heavy atom. The van der Waals surface area contributed by atoms with Crippen LogP contribution in [0.2, 0.25) is 0 Å². The van der Waals surface area contributed by atoms with Crippen LogP contribution < -0.4 is 5.73 Å². The van der Waals surface area contributed by atoms with E-state index in [0.717, 1.165) is 40.8 Å². The first-order valence-corrected chi connectivity index (χ1v) is 9.65. The number of aryl methyl sites for hydroxylation is 1. The minimum absolute atomic E-state index is 0.329. The molecule has 1 aliphatic rings. The third-order valence-corrected chi connectivity index (χ3v) is 6.30. The Balaban J connectivity index is 1.71. The highest BCUT2D eigenvalue weighted by molar-refractivity contribution is 7.18. The second kappa shape index (κ2) is 5.73. The molecule has 1 aromatic heterocycles. The van der Waals surface area contributed by atoms with Gasteiger partial charge in [0.2, 0.25) is 0 Å². The van der Waals surface area contributed by atoms with Crippen molar-refractivity contribution in [3.63, 3.8) is 0 Å². The number of nitrogens with two attached hydrogens (primary N) is 1. The number of phenolic OH excluding ortho intramolecular Hbond substituents is 1. The lowest BCUT2D eigenvalue weighted by Crippen LogP contribution is -2.25. The highest BCUT2D eigenvalue weighted by Crippen LogP contribution is 2.48. The zero-order valence-electron chi connectivity index (χ0n) is 14.6. The summed E-state index contributed by atoms with van der Waals surface area (Å²) in [5.74, 6) is 0.329. The van der Waals surface area contributed by atoms with Gasteiger partial charge >= 0.3 is 0 Å². The van der Waals surface area contributed by atoms with Crippen LogP contribution in [0.4, 0.5) is 5.00 Å². The Hall–Kier alpha value is -2.56. The number of hydrogen-bond acceptors (Lipinski definition) is 4. The molecule has 2 heterocycles. The summed E-state index contributed by atoms with van der Waals surface area (Å²) in [7, 11) is 0. The molecule has 0 radical (unpaired) electrons. The first-order valence-electron chi connectivity index (χ1n) is 8.83. The van der Waals surface area contributed by atoms with E-state index >= 15 is 0 Å². The summed E-state index contributed by atoms with van der Waals surface area (Å²) >= 11 is 1.61. The second-order valence-electron chi connectivity index (χ2n) is 7.15. The lowest BCUT2D eigenvalue weighted by atomic mass is 9.93. The lowest BCUT2D eigenvalue weighted by molar-refractivity contribution is 0.247. The number of nitrogen functional groups attached to an aromatic ring is 1. The fourth-order valence-corrected chi connectivity index (χ4v) is 5.29. The molecular weight excluding hydrogens is 340 g/mol. The van der Waals surface area contributed by atoms with Gasteiger partial charge in [-0.05, 0) is 23.4 Å². The summed E-state index contributed by atoms with van der Waals surface area (Å²) in [5, 5.41) is 15.6. The third-order valence-electron chi connectivity index (χ3n) is 5.30. The zero-order chi connectivity index (χ0) is 17.8. The average molecular weight is 360 g/mol. The van der Waals surface area contributed by atoms with E-state index in [9.17, 15) is 5.11 Å². The lowest BCUT2D eigenvalue weighted by Gasteiger charge is -2.28. The number of thiophene rings is 1. The van der Waals surface area contributed by atoms with Crippen LogP contribution in [0, 0.1) is 6.92 Å². The fourth-order valence-electron chi connectivity index (χ4n) is 4.15. The molecular formula is C22H20N2OS. The van der Waals surface area contributed by atoms with Crippen LogP contribution in [-0.4, -0.2) is 10.0 Å². The molecule has 0 unspecified atom stereocenters. The van der Waals surface area contributed by atoms with Gasteiger partial charge in [-0.3, -0.25) is 4.90 Å². The summed E-state index contributed by atoms with van der Waals surface area (Å²) < 4.78 is 0. The molecule has 4 aromatic rings. The van der Waals surface area contributed by atoms with Crippen LogP contribution in [-0.2, 0) is 19.6 Å². The number of rotatable bonds is 2. The summed E-state index contributed by atoms with van der Waals surface area (Å²) in [6, 6.07) is 16.8. The topological polar surface area (TPSA) is 49.5 Å². The SMILES string of the molecule is Cc1ccc2c(O)c3c(N)sc4c3c(c2c1)CN(Cc1ccccc1)C4. The highest BCUT2D eigenvalue weighted by Gasteiger charge is 2.27. The number of aromatic hydroxyl groups is 1. The first-order chi connectivity index (χ1) is 12.6. The monoisotopic (exact) mass is 360 g/mol. The highest BCUT2D eigenvalue weighted by atomic mass is 32.1. The van der Waals surface area contributed by atoms with Crippen molar-refractivity contribution in [2.75, 3.05) is 5.73 Å². The van der Waals surface area contributed by atoms with Crippen molar-refractivity contribution in [2.24, 2.45) is 0 Å². The van der Waals surface area contributed by atoms with Gasteiger partial charge in [-0.15, -0.1) is 11.3 Å². The number of anilines is 1. The quantitative estimate of drug-likeness (QED) is 0.519. The van der Waals surface area contributed by atoms with Crippen LogP contribution in [0.3, 0.4) is 0 Å². The summed E-state index contributed by atoms with van der Waals surface area (Å²) in [6.07, 6.45) is 0. The molecule has 0 bridgehead atoms. The molecule has 0 saturated heterocycles. The number of benzene rings is 3. The normalized spacial score (nSPS) is 14.3. The Labute approximate surface area is 156 Å². The number of phenols is 1. The number of hydrogen-bond donors (Lipinski definition) is 2. The molecule has 0 aliphatic carbocycles. The Kier molecular flexibility index (Phi) is 3.45. The van der Waals surface area contributed by atoms with Crippen LogP contribution in [0.5, 0.6) is 5.75 Å². The van der Waals surface area contributed by atoms with Crippen LogP contribution >= 0.6 is 11.3 Å². The maximum Gasteiger partial charge on any atom is 0.134 e. The van der Waals surface area contributed by atoms with Crippen molar-refractivity contribution in [3.05, 3.63) is 70.1 Å². The number of nitrogens with zero attached hydrogens (tertiary/aromatic N) is 1. The van der Waals surface area contributed by atoms with Gasteiger partial charge in [0.15, 0.2) is 0 Å². The first kappa shape index (κ1) is 15.7. The smallest absolute Gasteiger partial charge is 0.134 e. The molecule has 1 aliphatic heterocycles. The minimum atomic E-state index is 0.329. The molecule has 0 atom stereocenters. The van der Waals surface area contributed by atoms with Gasteiger partial charge in [-0.2, -0.15) is 0 Å². The van der Waals surface area contributed by atoms with Gasteiger partial charge < -0.3 is 10.8 Å². The number of fused-ring (bicyclic) bond motifs is 2. The van der Waals surface area contributed by atoms with E-state index in [1.807, 2.05) is 6.07 Å². The molecule has 5 rings (SSSR count). The maximum absolute atomic E-state index is 10.9. The van der Waals surface area contributed by atoms with Crippen molar-refractivity contribution >= 4 is 37.9 Å². The predicted molar refractivity (Wildman–Crippen MR) is 110 cm³/mol. The van der Waals surface area contributed by atoms with E-state index in [1.165, 1.54) is 27.0 Å². The van der Waals surface area contributed by atoms with E-state index in [0.29, 0.717) is 5.75 Å². The van der Waals surface area contributed by atoms with Crippen molar-refractivity contribution in [1.82, 2.24) is 4.90 Å². The molecule has 0 saturated carbocycles. The van der Waals surface area contributed by atoms with Crippen LogP contribution in [0.15, 0.2) is 48.5 Å². The molecule has 3 nitrogen and oxygen atoms in total. The molecule has 3 aromatic carbocycles. The fraction of sp³-hybridized carbons (Fsp3) is 0.182. The van der Waals surface area contributed by atoms with Crippen LogP contribution in [0.25, 0.3) is 21.5 Å². The van der Waals surface area contributed by atoms with Gasteiger partial charge in [-0.25, -0.2) is 0 Å². The average Bonchev–Trinajstić information content (AvgIpc) is 2.96.